The van der Waals surface area contributed by atoms with Gasteiger partial charge in [-0.05, 0) is 37.9 Å². The van der Waals surface area contributed by atoms with E-state index >= 15 is 0 Å². The van der Waals surface area contributed by atoms with E-state index in [-0.39, 0.29) is 0 Å². The zero-order chi connectivity index (χ0) is 13.2. The van der Waals surface area contributed by atoms with E-state index in [2.05, 4.69) is 49.1 Å². The monoisotopic (exact) mass is 248 g/mol. The van der Waals surface area contributed by atoms with Crippen molar-refractivity contribution in [3.63, 3.8) is 0 Å². The van der Waals surface area contributed by atoms with Gasteiger partial charge in [0.25, 0.3) is 0 Å². The summed E-state index contributed by atoms with van der Waals surface area (Å²) in [6.07, 6.45) is 4.70. The van der Waals surface area contributed by atoms with Crippen LogP contribution in [0.2, 0.25) is 0 Å². The highest BCUT2D eigenvalue weighted by molar-refractivity contribution is 5.14. The van der Waals surface area contributed by atoms with Crippen LogP contribution in [-0.2, 0) is 6.42 Å². The molecule has 102 valence electrons. The minimum atomic E-state index is 0.294. The van der Waals surface area contributed by atoms with Crippen molar-refractivity contribution in [2.75, 3.05) is 19.6 Å². The van der Waals surface area contributed by atoms with Gasteiger partial charge in [0.1, 0.15) is 0 Å². The van der Waals surface area contributed by atoms with E-state index in [0.29, 0.717) is 6.04 Å². The van der Waals surface area contributed by atoms with Gasteiger partial charge in [-0.2, -0.15) is 0 Å². The van der Waals surface area contributed by atoms with Crippen LogP contribution in [0.15, 0.2) is 30.3 Å². The van der Waals surface area contributed by atoms with E-state index in [1.165, 1.54) is 24.9 Å². The summed E-state index contributed by atoms with van der Waals surface area (Å²) in [4.78, 5) is 2.47. The van der Waals surface area contributed by atoms with Crippen molar-refractivity contribution in [1.82, 2.24) is 4.90 Å². The highest BCUT2D eigenvalue weighted by Gasteiger charge is 2.08. The van der Waals surface area contributed by atoms with Crippen molar-refractivity contribution in [3.8, 4) is 0 Å². The van der Waals surface area contributed by atoms with Crippen LogP contribution >= 0.6 is 0 Å². The molecule has 18 heavy (non-hydrogen) atoms. The lowest BCUT2D eigenvalue weighted by Crippen LogP contribution is -2.38. The molecule has 0 aliphatic heterocycles. The van der Waals surface area contributed by atoms with Gasteiger partial charge in [-0.3, -0.25) is 0 Å². The first-order valence-electron chi connectivity index (χ1n) is 7.28. The van der Waals surface area contributed by atoms with Gasteiger partial charge in [-0.15, -0.1) is 0 Å². The second kappa shape index (κ2) is 9.12. The Labute approximate surface area is 112 Å². The number of unbranched alkanes of at least 4 members (excludes halogenated alkanes) is 1. The first-order valence-corrected chi connectivity index (χ1v) is 7.28. The molecule has 1 aromatic rings. The summed E-state index contributed by atoms with van der Waals surface area (Å²) in [5.74, 6) is 0. The zero-order valence-electron chi connectivity index (χ0n) is 11.9. The second-order valence-corrected chi connectivity index (χ2v) is 5.03. The SMILES string of the molecule is CCCCN(CC)C[C@@H](N)CCc1ccccc1. The Bertz CT molecular complexity index is 297. The molecule has 0 bridgehead atoms. The lowest BCUT2D eigenvalue weighted by Gasteiger charge is -2.24. The Morgan fingerprint density at radius 3 is 2.50 bits per heavy atom. The van der Waals surface area contributed by atoms with Gasteiger partial charge >= 0.3 is 0 Å². The molecule has 0 aliphatic carbocycles. The van der Waals surface area contributed by atoms with Crippen molar-refractivity contribution in [2.45, 2.75) is 45.6 Å². The van der Waals surface area contributed by atoms with Crippen molar-refractivity contribution in [1.29, 1.82) is 0 Å². The summed E-state index contributed by atoms with van der Waals surface area (Å²) in [6, 6.07) is 10.9. The van der Waals surface area contributed by atoms with Gasteiger partial charge in [0.05, 0.1) is 0 Å². The molecule has 0 unspecified atom stereocenters. The Morgan fingerprint density at radius 2 is 1.89 bits per heavy atom. The van der Waals surface area contributed by atoms with Gasteiger partial charge < -0.3 is 10.6 Å². The molecule has 0 radical (unpaired) electrons. The van der Waals surface area contributed by atoms with Gasteiger partial charge in [-0.1, -0.05) is 50.6 Å². The first kappa shape index (κ1) is 15.2. The number of likely N-dealkylation sites (N-methyl/N-ethyl adjacent to an activating group) is 1. The van der Waals surface area contributed by atoms with Crippen molar-refractivity contribution in [3.05, 3.63) is 35.9 Å². The van der Waals surface area contributed by atoms with E-state index in [1.807, 2.05) is 0 Å². The first-order chi connectivity index (χ1) is 8.76. The second-order valence-electron chi connectivity index (χ2n) is 5.03. The van der Waals surface area contributed by atoms with Gasteiger partial charge in [-0.25, -0.2) is 0 Å². The fraction of sp³-hybridized carbons (Fsp3) is 0.625. The molecule has 0 fully saturated rings. The van der Waals surface area contributed by atoms with Crippen LogP contribution in [0.4, 0.5) is 0 Å². The molecular weight excluding hydrogens is 220 g/mol. The molecule has 0 saturated heterocycles. The van der Waals surface area contributed by atoms with E-state index < -0.39 is 0 Å². The molecule has 0 heterocycles. The third-order valence-electron chi connectivity index (χ3n) is 3.41. The van der Waals surface area contributed by atoms with Gasteiger partial charge in [0.15, 0.2) is 0 Å². The molecule has 1 aromatic carbocycles. The molecule has 0 amide bonds. The van der Waals surface area contributed by atoms with Crippen LogP contribution in [-0.4, -0.2) is 30.6 Å². The average Bonchev–Trinajstić information content (AvgIpc) is 2.42. The molecular formula is C16H28N2. The Kier molecular flexibility index (Phi) is 7.70. The van der Waals surface area contributed by atoms with Crippen molar-refractivity contribution >= 4 is 0 Å². The average molecular weight is 248 g/mol. The van der Waals surface area contributed by atoms with E-state index in [4.69, 9.17) is 5.73 Å². The van der Waals surface area contributed by atoms with Crippen LogP contribution in [0.5, 0.6) is 0 Å². The van der Waals surface area contributed by atoms with Crippen LogP contribution in [0.3, 0.4) is 0 Å². The molecule has 0 spiro atoms. The van der Waals surface area contributed by atoms with Gasteiger partial charge in [0, 0.05) is 12.6 Å². The van der Waals surface area contributed by atoms with Crippen molar-refractivity contribution in [2.24, 2.45) is 5.73 Å². The summed E-state index contributed by atoms with van der Waals surface area (Å²) >= 11 is 0. The van der Waals surface area contributed by atoms with Crippen LogP contribution in [0.25, 0.3) is 0 Å². The topological polar surface area (TPSA) is 29.3 Å². The number of nitrogens with zero attached hydrogens (tertiary/aromatic N) is 1. The summed E-state index contributed by atoms with van der Waals surface area (Å²) in [5, 5.41) is 0. The number of nitrogens with two attached hydrogens (primary N) is 1. The highest BCUT2D eigenvalue weighted by atomic mass is 15.1. The lowest BCUT2D eigenvalue weighted by molar-refractivity contribution is 0.261. The van der Waals surface area contributed by atoms with E-state index in [1.54, 1.807) is 0 Å². The summed E-state index contributed by atoms with van der Waals surface area (Å²) in [5.41, 5.74) is 7.62. The van der Waals surface area contributed by atoms with E-state index in [9.17, 15) is 0 Å². The smallest absolute Gasteiger partial charge is 0.0170 e. The summed E-state index contributed by atoms with van der Waals surface area (Å²) in [6.45, 7) is 7.79. The predicted molar refractivity (Wildman–Crippen MR) is 79.8 cm³/mol. The molecule has 2 N–H and O–H groups in total. The molecule has 1 atom stereocenters. The third kappa shape index (κ3) is 6.18. The summed E-state index contributed by atoms with van der Waals surface area (Å²) < 4.78 is 0. The van der Waals surface area contributed by atoms with E-state index in [0.717, 1.165) is 25.9 Å². The number of hydrogen-bond acceptors (Lipinski definition) is 2. The van der Waals surface area contributed by atoms with Gasteiger partial charge in [0.2, 0.25) is 0 Å². The minimum absolute atomic E-state index is 0.294. The molecule has 0 aromatic heterocycles. The van der Waals surface area contributed by atoms with Crippen LogP contribution in [0.1, 0.15) is 38.7 Å². The normalized spacial score (nSPS) is 12.9. The number of aryl methyl sites for hydroxylation is 1. The maximum Gasteiger partial charge on any atom is 0.0170 e. The Hall–Kier alpha value is -0.860. The zero-order valence-corrected chi connectivity index (χ0v) is 11.9. The fourth-order valence-electron chi connectivity index (χ4n) is 2.18. The quantitative estimate of drug-likeness (QED) is 0.728. The molecule has 2 nitrogen and oxygen atoms in total. The Balaban J connectivity index is 2.25. The van der Waals surface area contributed by atoms with Crippen molar-refractivity contribution < 1.29 is 0 Å². The highest BCUT2D eigenvalue weighted by Crippen LogP contribution is 2.05. The molecule has 2 heteroatoms. The minimum Gasteiger partial charge on any atom is -0.327 e. The molecule has 0 aliphatic rings. The maximum absolute atomic E-state index is 6.23. The maximum atomic E-state index is 6.23. The van der Waals surface area contributed by atoms with Crippen LogP contribution < -0.4 is 5.73 Å². The fourth-order valence-corrected chi connectivity index (χ4v) is 2.18. The molecule has 0 saturated carbocycles. The summed E-state index contributed by atoms with van der Waals surface area (Å²) in [7, 11) is 0. The number of benzene rings is 1. The Morgan fingerprint density at radius 1 is 1.17 bits per heavy atom. The standard InChI is InChI=1S/C16H28N2/c1-3-5-13-18(4-2)14-16(17)12-11-15-9-7-6-8-10-15/h6-10,16H,3-5,11-14,17H2,1-2H3/t16-/m0/s1. The lowest BCUT2D eigenvalue weighted by atomic mass is 10.1. The largest absolute Gasteiger partial charge is 0.327 e. The number of hydrogen-bond donors (Lipinski definition) is 1. The van der Waals surface area contributed by atoms with Crippen LogP contribution in [0, 0.1) is 0 Å². The number of rotatable bonds is 9. The predicted octanol–water partition coefficient (Wildman–Crippen LogP) is 3.07. The third-order valence-corrected chi connectivity index (χ3v) is 3.41. The molecule has 1 rings (SSSR count).